The lowest BCUT2D eigenvalue weighted by Gasteiger charge is -2.25. The molecule has 4 unspecified atom stereocenters. The Morgan fingerprint density at radius 2 is 1.44 bits per heavy atom. The standard InChI is InChI=1S/C22H33N5O6S/c1-12(2)18(24)21(31)25-14(8-9-17(23)28)19(29)27-16(11-34)20(30)26-15(22(32)33)10-13-6-4-3-5-7-13/h3-7,12,14-16,18,34H,8-11,24H2,1-2H3,(H2,23,28)(H,25,31)(H,26,30)(H,27,29)(H,32,33). The van der Waals surface area contributed by atoms with Crippen LogP contribution in [0.15, 0.2) is 30.3 Å². The molecule has 0 aliphatic carbocycles. The van der Waals surface area contributed by atoms with Crippen molar-refractivity contribution in [1.82, 2.24) is 16.0 Å². The predicted molar refractivity (Wildman–Crippen MR) is 129 cm³/mol. The minimum Gasteiger partial charge on any atom is -0.480 e. The number of amides is 4. The molecule has 0 spiro atoms. The molecule has 0 bridgehead atoms. The SMILES string of the molecule is CC(C)C(N)C(=O)NC(CCC(N)=O)C(=O)NC(CS)C(=O)NC(Cc1ccccc1)C(=O)O. The Labute approximate surface area is 203 Å². The molecule has 12 heteroatoms. The molecular formula is C22H33N5O6S. The molecule has 0 fully saturated rings. The Hall–Kier alpha value is -3.12. The zero-order valence-corrected chi connectivity index (χ0v) is 20.1. The zero-order valence-electron chi connectivity index (χ0n) is 19.2. The number of nitrogens with one attached hydrogen (secondary N) is 3. The third-order valence-electron chi connectivity index (χ3n) is 5.05. The van der Waals surface area contributed by atoms with E-state index >= 15 is 0 Å². The lowest BCUT2D eigenvalue weighted by atomic mass is 10.0. The van der Waals surface area contributed by atoms with Gasteiger partial charge in [0.15, 0.2) is 0 Å². The van der Waals surface area contributed by atoms with Crippen LogP contribution in [0.2, 0.25) is 0 Å². The molecule has 0 aliphatic rings. The molecule has 0 aliphatic heterocycles. The van der Waals surface area contributed by atoms with Gasteiger partial charge in [-0.25, -0.2) is 4.79 Å². The Bertz CT molecular complexity index is 867. The van der Waals surface area contributed by atoms with Crippen molar-refractivity contribution < 1.29 is 29.1 Å². The number of hydrogen-bond acceptors (Lipinski definition) is 7. The number of carbonyl (C=O) groups is 5. The first kappa shape index (κ1) is 28.9. The number of rotatable bonds is 14. The highest BCUT2D eigenvalue weighted by molar-refractivity contribution is 7.80. The van der Waals surface area contributed by atoms with Crippen LogP contribution in [0.25, 0.3) is 0 Å². The van der Waals surface area contributed by atoms with Gasteiger partial charge in [-0.05, 0) is 17.9 Å². The fourth-order valence-corrected chi connectivity index (χ4v) is 3.17. The van der Waals surface area contributed by atoms with Gasteiger partial charge in [0.25, 0.3) is 0 Å². The summed E-state index contributed by atoms with van der Waals surface area (Å²) < 4.78 is 0. The Kier molecular flexibility index (Phi) is 12.1. The van der Waals surface area contributed by atoms with Gasteiger partial charge in [-0.1, -0.05) is 44.2 Å². The first-order valence-electron chi connectivity index (χ1n) is 10.8. The van der Waals surface area contributed by atoms with Crippen molar-refractivity contribution in [3.63, 3.8) is 0 Å². The number of primary amides is 1. The normalized spacial score (nSPS) is 14.4. The number of carboxylic acid groups (broad SMARTS) is 1. The molecule has 188 valence electrons. The van der Waals surface area contributed by atoms with E-state index in [1.165, 1.54) is 0 Å². The first-order valence-corrected chi connectivity index (χ1v) is 11.4. The van der Waals surface area contributed by atoms with Crippen LogP contribution < -0.4 is 27.4 Å². The molecule has 0 heterocycles. The summed E-state index contributed by atoms with van der Waals surface area (Å²) in [6.45, 7) is 3.47. The summed E-state index contributed by atoms with van der Waals surface area (Å²) in [5.41, 5.74) is 11.7. The highest BCUT2D eigenvalue weighted by Gasteiger charge is 2.30. The summed E-state index contributed by atoms with van der Waals surface area (Å²) in [5, 5.41) is 16.8. The van der Waals surface area contributed by atoms with Crippen LogP contribution in [-0.4, -0.2) is 64.6 Å². The van der Waals surface area contributed by atoms with Crippen molar-refractivity contribution in [2.75, 3.05) is 5.75 Å². The molecule has 1 aromatic carbocycles. The van der Waals surface area contributed by atoms with Crippen molar-refractivity contribution in [2.45, 2.75) is 57.3 Å². The molecule has 0 saturated heterocycles. The van der Waals surface area contributed by atoms with Crippen molar-refractivity contribution in [1.29, 1.82) is 0 Å². The Balaban J connectivity index is 2.89. The second kappa shape index (κ2) is 14.2. The van der Waals surface area contributed by atoms with Gasteiger partial charge < -0.3 is 32.5 Å². The number of benzene rings is 1. The Morgan fingerprint density at radius 1 is 0.912 bits per heavy atom. The van der Waals surface area contributed by atoms with Gasteiger partial charge in [0.2, 0.25) is 23.6 Å². The van der Waals surface area contributed by atoms with Crippen LogP contribution in [0.4, 0.5) is 0 Å². The number of thiol groups is 1. The molecule has 11 nitrogen and oxygen atoms in total. The van der Waals surface area contributed by atoms with Crippen LogP contribution in [0.5, 0.6) is 0 Å². The third-order valence-corrected chi connectivity index (χ3v) is 5.41. The average molecular weight is 496 g/mol. The molecule has 4 atom stereocenters. The van der Waals surface area contributed by atoms with Gasteiger partial charge in [0, 0.05) is 18.6 Å². The van der Waals surface area contributed by atoms with Crippen LogP contribution in [0, 0.1) is 5.92 Å². The van der Waals surface area contributed by atoms with Crippen molar-refractivity contribution in [3.05, 3.63) is 35.9 Å². The van der Waals surface area contributed by atoms with Gasteiger partial charge >= 0.3 is 5.97 Å². The van der Waals surface area contributed by atoms with Crippen molar-refractivity contribution >= 4 is 42.2 Å². The van der Waals surface area contributed by atoms with E-state index in [9.17, 15) is 29.1 Å². The fraction of sp³-hybridized carbons (Fsp3) is 0.500. The third kappa shape index (κ3) is 9.79. The molecular weight excluding hydrogens is 462 g/mol. The second-order valence-electron chi connectivity index (χ2n) is 8.17. The number of carbonyl (C=O) groups excluding carboxylic acids is 4. The highest BCUT2D eigenvalue weighted by Crippen LogP contribution is 2.06. The summed E-state index contributed by atoms with van der Waals surface area (Å²) in [6, 6.07) is 4.25. The van der Waals surface area contributed by atoms with Crippen molar-refractivity contribution in [2.24, 2.45) is 17.4 Å². The number of aliphatic carboxylic acids is 1. The zero-order chi connectivity index (χ0) is 25.8. The quantitative estimate of drug-likeness (QED) is 0.160. The Morgan fingerprint density at radius 3 is 1.94 bits per heavy atom. The minimum absolute atomic E-state index is 0.0412. The maximum absolute atomic E-state index is 12.8. The van der Waals surface area contributed by atoms with E-state index in [1.54, 1.807) is 44.2 Å². The van der Waals surface area contributed by atoms with Gasteiger partial charge in [-0.2, -0.15) is 12.6 Å². The summed E-state index contributed by atoms with van der Waals surface area (Å²) in [4.78, 5) is 60.7. The maximum Gasteiger partial charge on any atom is 0.326 e. The lowest BCUT2D eigenvalue weighted by Crippen LogP contribution is -2.58. The van der Waals surface area contributed by atoms with Gasteiger partial charge in [-0.3, -0.25) is 19.2 Å². The highest BCUT2D eigenvalue weighted by atomic mass is 32.1. The summed E-state index contributed by atoms with van der Waals surface area (Å²) in [7, 11) is 0. The summed E-state index contributed by atoms with van der Waals surface area (Å²) >= 11 is 4.08. The van der Waals surface area contributed by atoms with E-state index < -0.39 is 53.8 Å². The lowest BCUT2D eigenvalue weighted by molar-refractivity contribution is -0.142. The molecule has 4 amide bonds. The van der Waals surface area contributed by atoms with Crippen LogP contribution >= 0.6 is 12.6 Å². The summed E-state index contributed by atoms with van der Waals surface area (Å²) in [5.74, 6) is -4.37. The molecule has 0 radical (unpaired) electrons. The van der Waals surface area contributed by atoms with Gasteiger partial charge in [0.1, 0.15) is 18.1 Å². The van der Waals surface area contributed by atoms with Crippen LogP contribution in [-0.2, 0) is 30.4 Å². The van der Waals surface area contributed by atoms with Crippen LogP contribution in [0.1, 0.15) is 32.3 Å². The van der Waals surface area contributed by atoms with E-state index in [-0.39, 0.29) is 30.9 Å². The maximum atomic E-state index is 12.8. The number of hydrogen-bond donors (Lipinski definition) is 7. The fourth-order valence-electron chi connectivity index (χ4n) is 2.91. The average Bonchev–Trinajstić information content (AvgIpc) is 2.78. The number of nitrogens with two attached hydrogens (primary N) is 2. The molecule has 34 heavy (non-hydrogen) atoms. The first-order chi connectivity index (χ1) is 16.0. The van der Waals surface area contributed by atoms with E-state index in [1.807, 2.05) is 0 Å². The molecule has 0 saturated carbocycles. The molecule has 8 N–H and O–H groups in total. The largest absolute Gasteiger partial charge is 0.480 e. The van der Waals surface area contributed by atoms with E-state index in [4.69, 9.17) is 11.5 Å². The topological polar surface area (TPSA) is 194 Å². The number of carboxylic acids is 1. The molecule has 0 aromatic heterocycles. The smallest absolute Gasteiger partial charge is 0.326 e. The molecule has 1 aromatic rings. The second-order valence-corrected chi connectivity index (χ2v) is 8.53. The van der Waals surface area contributed by atoms with Gasteiger partial charge in [-0.15, -0.1) is 0 Å². The molecule has 1 rings (SSSR count). The summed E-state index contributed by atoms with van der Waals surface area (Å²) in [6.07, 6.45) is -0.255. The van der Waals surface area contributed by atoms with Crippen molar-refractivity contribution in [3.8, 4) is 0 Å². The predicted octanol–water partition coefficient (Wildman–Crippen LogP) is -1.05. The minimum atomic E-state index is -1.24. The van der Waals surface area contributed by atoms with E-state index in [0.717, 1.165) is 0 Å². The van der Waals surface area contributed by atoms with E-state index in [0.29, 0.717) is 5.56 Å². The van der Waals surface area contributed by atoms with Gasteiger partial charge in [0.05, 0.1) is 6.04 Å². The monoisotopic (exact) mass is 495 g/mol. The van der Waals surface area contributed by atoms with Crippen LogP contribution in [0.3, 0.4) is 0 Å². The van der Waals surface area contributed by atoms with E-state index in [2.05, 4.69) is 28.6 Å².